The number of hydrogen-bond acceptors (Lipinski definition) is 13. The highest BCUT2D eigenvalue weighted by Crippen LogP contribution is 2.51. The van der Waals surface area contributed by atoms with Gasteiger partial charge in [0.25, 0.3) is 5.85 Å². The second-order valence-electron chi connectivity index (χ2n) is 13.0. The fourth-order valence-corrected chi connectivity index (χ4v) is 6.84. The standard InChI is InChI=1S/C33H44FN6O9P/c1-21(2)9-8-10-23(41)17-25(31(44)46-16-15-22(3)4)39-50(45,48-24-11-6-5-7-12-24)47-19-33(34)29(43)28(42)32(18-35,49-33)27-14-13-26-30(36)37-20-38-40(26)27/h5-7,11-14,20-22,25,28-29,42-43H,8-10,15-17,19H2,1-4H3,(H,39,45)(H2,36,37,38)/t25-,28+,29-,32-,33+,50?/m0/s1. The zero-order chi connectivity index (χ0) is 36.7. The normalized spacial score (nSPS) is 23.8. The predicted octanol–water partition coefficient (Wildman–Crippen LogP) is 3.98. The van der Waals surface area contributed by atoms with Crippen LogP contribution >= 0.6 is 7.75 Å². The minimum atomic E-state index is -4.84. The number of halogens is 1. The lowest BCUT2D eigenvalue weighted by atomic mass is 9.92. The number of hydrogen-bond donors (Lipinski definition) is 4. The van der Waals surface area contributed by atoms with E-state index >= 15 is 4.39 Å². The van der Waals surface area contributed by atoms with Crippen molar-refractivity contribution in [2.75, 3.05) is 18.9 Å². The summed E-state index contributed by atoms with van der Waals surface area (Å²) in [6.07, 6.45) is -1.98. The molecule has 4 rings (SSSR count). The van der Waals surface area contributed by atoms with Crippen LogP contribution in [0, 0.1) is 23.2 Å². The fraction of sp³-hybridized carbons (Fsp3) is 0.545. The highest BCUT2D eigenvalue weighted by Gasteiger charge is 2.66. The number of ether oxygens (including phenoxy) is 2. The summed E-state index contributed by atoms with van der Waals surface area (Å²) in [5.74, 6) is -4.03. The van der Waals surface area contributed by atoms with E-state index in [-0.39, 0.29) is 47.5 Å². The van der Waals surface area contributed by atoms with E-state index in [0.717, 1.165) is 17.3 Å². The van der Waals surface area contributed by atoms with Crippen LogP contribution in [0.5, 0.6) is 5.75 Å². The van der Waals surface area contributed by atoms with E-state index in [1.54, 1.807) is 24.3 Å². The van der Waals surface area contributed by atoms with Crippen LogP contribution in [0.15, 0.2) is 48.8 Å². The highest BCUT2D eigenvalue weighted by atomic mass is 31.2. The quantitative estimate of drug-likeness (QED) is 0.108. The number of aromatic nitrogens is 3. The number of benzene rings is 1. The number of nitrogens with one attached hydrogen (secondary N) is 1. The number of rotatable bonds is 18. The van der Waals surface area contributed by atoms with Gasteiger partial charge in [-0.05, 0) is 48.9 Å². The second kappa shape index (κ2) is 16.4. The van der Waals surface area contributed by atoms with Crippen LogP contribution in [0.3, 0.4) is 0 Å². The predicted molar refractivity (Wildman–Crippen MR) is 178 cm³/mol. The first kappa shape index (κ1) is 38.8. The number of fused-ring (bicyclic) bond motifs is 1. The lowest BCUT2D eigenvalue weighted by Gasteiger charge is -2.29. The van der Waals surface area contributed by atoms with Gasteiger partial charge in [0.1, 0.15) is 54.3 Å². The number of nitrogen functional groups attached to an aromatic ring is 1. The van der Waals surface area contributed by atoms with Gasteiger partial charge in [-0.25, -0.2) is 18.5 Å². The van der Waals surface area contributed by atoms with Gasteiger partial charge in [0, 0.05) is 12.8 Å². The summed E-state index contributed by atoms with van der Waals surface area (Å²) in [5, 5.41) is 38.7. The molecule has 0 saturated carbocycles. The van der Waals surface area contributed by atoms with Gasteiger partial charge in [0.05, 0.1) is 12.3 Å². The van der Waals surface area contributed by atoms with E-state index < -0.39 is 56.4 Å². The molecule has 1 saturated heterocycles. The smallest absolute Gasteiger partial charge is 0.459 e. The van der Waals surface area contributed by atoms with Crippen LogP contribution < -0.4 is 15.3 Å². The molecule has 15 nitrogen and oxygen atoms in total. The molecule has 1 unspecified atom stereocenters. The molecule has 1 fully saturated rings. The number of nitrogens with zero attached hydrogens (tertiary/aromatic N) is 4. The molecule has 50 heavy (non-hydrogen) atoms. The van der Waals surface area contributed by atoms with Crippen molar-refractivity contribution in [2.45, 2.75) is 89.5 Å². The number of aliphatic hydroxyl groups excluding tert-OH is 2. The van der Waals surface area contributed by atoms with Gasteiger partial charge in [0.2, 0.25) is 5.60 Å². The second-order valence-corrected chi connectivity index (χ2v) is 14.7. The average molecular weight is 719 g/mol. The van der Waals surface area contributed by atoms with Crippen molar-refractivity contribution < 1.29 is 47.3 Å². The van der Waals surface area contributed by atoms with Gasteiger partial charge in [-0.15, -0.1) is 0 Å². The number of nitriles is 1. The molecule has 1 aliphatic rings. The maximum absolute atomic E-state index is 16.6. The number of Topliss-reactive ketones (excluding diaryl/α,β-unsaturated/α-hetero) is 1. The maximum Gasteiger partial charge on any atom is 0.459 e. The molecule has 2 aromatic heterocycles. The topological polar surface area (TPSA) is 221 Å². The minimum Gasteiger partial charge on any atom is -0.464 e. The van der Waals surface area contributed by atoms with E-state index in [9.17, 15) is 29.6 Å². The SMILES string of the molecule is CC(C)CCCC(=O)C[C@H](NP(=O)(OC[C@@]1(F)O[C@@](C#N)(c2ccc3c(N)ncnn23)[C@H](O)[C@@H]1O)Oc1ccccc1)C(=O)OCCC(C)C. The summed E-state index contributed by atoms with van der Waals surface area (Å²) in [6, 6.07) is 10.5. The Bertz CT molecular complexity index is 1720. The molecule has 272 valence electrons. The van der Waals surface area contributed by atoms with Crippen molar-refractivity contribution in [3.8, 4) is 11.8 Å². The summed E-state index contributed by atoms with van der Waals surface area (Å²) < 4.78 is 54.1. The number of anilines is 1. The Kier molecular flexibility index (Phi) is 12.7. The molecule has 1 aromatic carbocycles. The molecule has 17 heteroatoms. The molecule has 1 aliphatic heterocycles. The Morgan fingerprint density at radius 2 is 1.84 bits per heavy atom. The van der Waals surface area contributed by atoms with Crippen molar-refractivity contribution in [3.63, 3.8) is 0 Å². The molecule has 3 aromatic rings. The molecular formula is C33H44FN6O9P. The third kappa shape index (κ3) is 9.03. The number of carbonyl (C=O) groups excluding carboxylic acids is 2. The molecule has 0 bridgehead atoms. The van der Waals surface area contributed by atoms with E-state index in [4.69, 9.17) is 24.3 Å². The van der Waals surface area contributed by atoms with Crippen molar-refractivity contribution in [2.24, 2.45) is 11.8 Å². The summed E-state index contributed by atoms with van der Waals surface area (Å²) in [4.78, 5) is 30.1. The largest absolute Gasteiger partial charge is 0.464 e. The first-order valence-electron chi connectivity index (χ1n) is 16.3. The van der Waals surface area contributed by atoms with Crippen LogP contribution in [-0.4, -0.2) is 73.9 Å². The monoisotopic (exact) mass is 718 g/mol. The van der Waals surface area contributed by atoms with Crippen molar-refractivity contribution in [1.29, 1.82) is 5.26 Å². The lowest BCUT2D eigenvalue weighted by molar-refractivity contribution is -0.208. The van der Waals surface area contributed by atoms with Gasteiger partial charge >= 0.3 is 13.7 Å². The number of ketones is 1. The Morgan fingerprint density at radius 1 is 1.14 bits per heavy atom. The number of carbonyl (C=O) groups is 2. The first-order valence-corrected chi connectivity index (χ1v) is 17.9. The average Bonchev–Trinajstić information content (AvgIpc) is 3.59. The molecule has 0 spiro atoms. The molecule has 0 aliphatic carbocycles. The van der Waals surface area contributed by atoms with E-state index in [0.29, 0.717) is 18.8 Å². The third-order valence-electron chi connectivity index (χ3n) is 8.12. The third-order valence-corrected chi connectivity index (χ3v) is 9.67. The van der Waals surface area contributed by atoms with E-state index in [1.807, 2.05) is 27.7 Å². The molecule has 3 heterocycles. The molecule has 0 amide bonds. The number of para-hydroxylation sites is 1. The molecule has 0 radical (unpaired) electrons. The van der Waals surface area contributed by atoms with Gasteiger partial charge in [-0.2, -0.15) is 15.4 Å². The van der Waals surface area contributed by atoms with Gasteiger partial charge < -0.3 is 29.9 Å². The molecule has 6 atom stereocenters. The maximum atomic E-state index is 16.6. The number of nitrogens with two attached hydrogens (primary N) is 1. The summed E-state index contributed by atoms with van der Waals surface area (Å²) >= 11 is 0. The van der Waals surface area contributed by atoms with Crippen LogP contribution in [0.25, 0.3) is 5.52 Å². The highest BCUT2D eigenvalue weighted by molar-refractivity contribution is 7.52. The van der Waals surface area contributed by atoms with E-state index in [2.05, 4.69) is 15.2 Å². The Balaban J connectivity index is 1.62. The van der Waals surface area contributed by atoms with Gasteiger partial charge in [-0.1, -0.05) is 52.3 Å². The molecular weight excluding hydrogens is 674 g/mol. The van der Waals surface area contributed by atoms with Crippen molar-refractivity contribution in [1.82, 2.24) is 19.7 Å². The lowest BCUT2D eigenvalue weighted by Crippen LogP contribution is -2.45. The van der Waals surface area contributed by atoms with Crippen molar-refractivity contribution >= 4 is 30.8 Å². The fourth-order valence-electron chi connectivity index (χ4n) is 5.33. The number of alkyl halides is 1. The Hall–Kier alpha value is -3.97. The number of esters is 1. The van der Waals surface area contributed by atoms with E-state index in [1.165, 1.54) is 24.3 Å². The zero-order valence-corrected chi connectivity index (χ0v) is 29.3. The van der Waals surface area contributed by atoms with Crippen LogP contribution in [0.1, 0.15) is 65.5 Å². The van der Waals surface area contributed by atoms with Crippen LogP contribution in [0.4, 0.5) is 10.2 Å². The van der Waals surface area contributed by atoms with Gasteiger partial charge in [-0.3, -0.25) is 14.1 Å². The minimum absolute atomic E-state index is 0.0114. The first-order chi connectivity index (χ1) is 23.6. The summed E-state index contributed by atoms with van der Waals surface area (Å²) in [6.45, 7) is 6.55. The number of aliphatic hydroxyl groups is 2. The van der Waals surface area contributed by atoms with Gasteiger partial charge in [0.15, 0.2) is 5.82 Å². The van der Waals surface area contributed by atoms with Crippen molar-refractivity contribution in [3.05, 3.63) is 54.5 Å². The molecule has 5 N–H and O–H groups in total. The zero-order valence-electron chi connectivity index (χ0n) is 28.4. The summed E-state index contributed by atoms with van der Waals surface area (Å²) in [7, 11) is -4.84. The Morgan fingerprint density at radius 3 is 2.50 bits per heavy atom. The van der Waals surface area contributed by atoms with Crippen LogP contribution in [-0.2, 0) is 33.8 Å². The van der Waals surface area contributed by atoms with Crippen LogP contribution in [0.2, 0.25) is 0 Å². The Labute approximate surface area is 289 Å². The summed E-state index contributed by atoms with van der Waals surface area (Å²) in [5.41, 5.74) is 3.37.